The van der Waals surface area contributed by atoms with Crippen molar-refractivity contribution in [3.8, 4) is 0 Å². The van der Waals surface area contributed by atoms with E-state index in [1.165, 1.54) is 4.68 Å². The monoisotopic (exact) mass is 206 g/mol. The minimum atomic E-state index is -4.39. The fraction of sp³-hybridized carbons (Fsp3) is 0.500. The van der Waals surface area contributed by atoms with E-state index in [2.05, 4.69) is 9.28 Å². The van der Waals surface area contributed by atoms with Crippen LogP contribution in [0.4, 0.5) is 0 Å². The molecule has 1 N–H and O–H groups in total. The maximum atomic E-state index is 10.2. The maximum Gasteiger partial charge on any atom is 0.399 e. The molecule has 0 radical (unpaired) electrons. The predicted octanol–water partition coefficient (Wildman–Crippen LogP) is 0.277. The van der Waals surface area contributed by atoms with Crippen LogP contribution < -0.4 is 0 Å². The normalized spacial score (nSPS) is 11.9. The molecular weight excluding hydrogens is 196 g/mol. The molecule has 13 heavy (non-hydrogen) atoms. The fourth-order valence-corrected chi connectivity index (χ4v) is 1.16. The first-order valence-corrected chi connectivity index (χ1v) is 4.88. The molecule has 0 unspecified atom stereocenters. The summed E-state index contributed by atoms with van der Waals surface area (Å²) >= 11 is 0. The Morgan fingerprint density at radius 2 is 2.23 bits per heavy atom. The summed E-state index contributed by atoms with van der Waals surface area (Å²) < 4.78 is 34.2. The first-order chi connectivity index (χ1) is 5.88. The van der Waals surface area contributed by atoms with Gasteiger partial charge in [-0.2, -0.15) is 13.5 Å². The summed E-state index contributed by atoms with van der Waals surface area (Å²) in [4.78, 5) is 0. The Labute approximate surface area is 76.1 Å². The van der Waals surface area contributed by atoms with Gasteiger partial charge in [0.1, 0.15) is 0 Å². The summed E-state index contributed by atoms with van der Waals surface area (Å²) in [5, 5.41) is 3.93. The fourth-order valence-electron chi connectivity index (χ4n) is 0.922. The second-order valence-corrected chi connectivity index (χ2v) is 3.69. The summed E-state index contributed by atoms with van der Waals surface area (Å²) in [6.07, 6.45) is 0. The summed E-state index contributed by atoms with van der Waals surface area (Å²) in [7, 11) is -4.39. The third kappa shape index (κ3) is 3.13. The summed E-state index contributed by atoms with van der Waals surface area (Å²) in [6, 6.07) is 1.77. The molecule has 6 nitrogen and oxygen atoms in total. The van der Waals surface area contributed by atoms with Gasteiger partial charge in [0.15, 0.2) is 6.73 Å². The second kappa shape index (κ2) is 3.44. The molecule has 0 aliphatic rings. The van der Waals surface area contributed by atoms with Crippen molar-refractivity contribution in [2.24, 2.45) is 0 Å². The van der Waals surface area contributed by atoms with Gasteiger partial charge in [0.05, 0.1) is 5.69 Å². The van der Waals surface area contributed by atoms with Gasteiger partial charge in [0.2, 0.25) is 0 Å². The van der Waals surface area contributed by atoms with Crippen LogP contribution in [0, 0.1) is 13.8 Å². The van der Waals surface area contributed by atoms with Crippen molar-refractivity contribution in [2.45, 2.75) is 20.6 Å². The summed E-state index contributed by atoms with van der Waals surface area (Å²) in [5.74, 6) is 0. The van der Waals surface area contributed by atoms with Crippen molar-refractivity contribution in [2.75, 3.05) is 0 Å². The number of hydrogen-bond donors (Lipinski definition) is 1. The lowest BCUT2D eigenvalue weighted by Crippen LogP contribution is -2.11. The zero-order chi connectivity index (χ0) is 10.1. The quantitative estimate of drug-likeness (QED) is 0.718. The van der Waals surface area contributed by atoms with Gasteiger partial charge in [-0.3, -0.25) is 4.55 Å². The van der Waals surface area contributed by atoms with Gasteiger partial charge in [-0.05, 0) is 19.9 Å². The molecule has 74 valence electrons. The zero-order valence-corrected chi connectivity index (χ0v) is 8.08. The van der Waals surface area contributed by atoms with Crippen LogP contribution in [0.3, 0.4) is 0 Å². The molecule has 0 spiro atoms. The highest BCUT2D eigenvalue weighted by molar-refractivity contribution is 7.80. The van der Waals surface area contributed by atoms with Crippen LogP contribution in [0.2, 0.25) is 0 Å². The van der Waals surface area contributed by atoms with Crippen LogP contribution in [-0.4, -0.2) is 22.8 Å². The van der Waals surface area contributed by atoms with Gasteiger partial charge in [0.25, 0.3) is 0 Å². The van der Waals surface area contributed by atoms with Crippen LogP contribution in [0.25, 0.3) is 0 Å². The first-order valence-electron chi connectivity index (χ1n) is 3.51. The van der Waals surface area contributed by atoms with Crippen molar-refractivity contribution < 1.29 is 17.2 Å². The Morgan fingerprint density at radius 3 is 2.62 bits per heavy atom. The van der Waals surface area contributed by atoms with E-state index in [1.807, 2.05) is 0 Å². The van der Waals surface area contributed by atoms with E-state index in [0.717, 1.165) is 11.4 Å². The van der Waals surface area contributed by atoms with Crippen LogP contribution >= 0.6 is 0 Å². The van der Waals surface area contributed by atoms with Crippen molar-refractivity contribution in [1.29, 1.82) is 0 Å². The lowest BCUT2D eigenvalue weighted by Gasteiger charge is -2.01. The molecule has 0 aromatic carbocycles. The topological polar surface area (TPSA) is 81.4 Å². The van der Waals surface area contributed by atoms with Gasteiger partial charge >= 0.3 is 10.4 Å². The molecule has 1 heterocycles. The molecule has 1 aromatic rings. The third-order valence-corrected chi connectivity index (χ3v) is 1.83. The van der Waals surface area contributed by atoms with Crippen LogP contribution in [0.1, 0.15) is 11.4 Å². The molecule has 1 rings (SSSR count). The molecule has 0 aliphatic carbocycles. The average molecular weight is 206 g/mol. The molecule has 0 amide bonds. The van der Waals surface area contributed by atoms with E-state index < -0.39 is 10.4 Å². The van der Waals surface area contributed by atoms with Gasteiger partial charge < -0.3 is 0 Å². The molecule has 0 aliphatic heterocycles. The lowest BCUT2D eigenvalue weighted by molar-refractivity contribution is 0.195. The largest absolute Gasteiger partial charge is 0.399 e. The molecule has 1 aromatic heterocycles. The summed E-state index contributed by atoms with van der Waals surface area (Å²) in [6.45, 7) is 3.23. The molecule has 0 saturated carbocycles. The van der Waals surface area contributed by atoms with E-state index in [4.69, 9.17) is 4.55 Å². The Morgan fingerprint density at radius 1 is 1.62 bits per heavy atom. The van der Waals surface area contributed by atoms with Gasteiger partial charge in [-0.25, -0.2) is 8.86 Å². The number of aryl methyl sites for hydroxylation is 2. The molecule has 0 bridgehead atoms. The SMILES string of the molecule is Cc1cc(C)n(COS(=O)(=O)O)n1. The van der Waals surface area contributed by atoms with Crippen LogP contribution in [-0.2, 0) is 21.3 Å². The smallest absolute Gasteiger partial charge is 0.263 e. The van der Waals surface area contributed by atoms with Gasteiger partial charge in [0, 0.05) is 5.69 Å². The minimum absolute atomic E-state index is 0.307. The van der Waals surface area contributed by atoms with Crippen LogP contribution in [0.5, 0.6) is 0 Å². The Balaban J connectivity index is 2.70. The van der Waals surface area contributed by atoms with E-state index in [9.17, 15) is 8.42 Å². The van der Waals surface area contributed by atoms with E-state index in [-0.39, 0.29) is 6.73 Å². The molecule has 7 heteroatoms. The average Bonchev–Trinajstić information content (AvgIpc) is 2.24. The maximum absolute atomic E-state index is 10.2. The Hall–Kier alpha value is -0.920. The van der Waals surface area contributed by atoms with E-state index in [1.54, 1.807) is 19.9 Å². The highest BCUT2D eigenvalue weighted by atomic mass is 32.3. The van der Waals surface area contributed by atoms with Crippen molar-refractivity contribution in [1.82, 2.24) is 9.78 Å². The molecular formula is C6H10N2O4S. The molecule has 0 fully saturated rings. The Bertz CT molecular complexity index is 395. The summed E-state index contributed by atoms with van der Waals surface area (Å²) in [5.41, 5.74) is 1.53. The van der Waals surface area contributed by atoms with Crippen molar-refractivity contribution in [3.05, 3.63) is 17.5 Å². The van der Waals surface area contributed by atoms with Crippen LogP contribution in [0.15, 0.2) is 6.07 Å². The number of rotatable bonds is 3. The standard InChI is InChI=1S/C6H10N2O4S/c1-5-3-6(2)8(7-5)4-12-13(9,10)11/h3H,4H2,1-2H3,(H,9,10,11). The third-order valence-electron chi connectivity index (χ3n) is 1.43. The van der Waals surface area contributed by atoms with Gasteiger partial charge in [-0.15, -0.1) is 0 Å². The number of aromatic nitrogens is 2. The Kier molecular flexibility index (Phi) is 2.69. The van der Waals surface area contributed by atoms with Crippen molar-refractivity contribution >= 4 is 10.4 Å². The first kappa shape index (κ1) is 10.2. The zero-order valence-electron chi connectivity index (χ0n) is 7.26. The minimum Gasteiger partial charge on any atom is -0.263 e. The highest BCUT2D eigenvalue weighted by Crippen LogP contribution is 2.02. The van der Waals surface area contributed by atoms with Crippen molar-refractivity contribution in [3.63, 3.8) is 0 Å². The molecule has 0 atom stereocenters. The van der Waals surface area contributed by atoms with Gasteiger partial charge in [-0.1, -0.05) is 0 Å². The molecule has 0 saturated heterocycles. The van der Waals surface area contributed by atoms with E-state index in [0.29, 0.717) is 0 Å². The lowest BCUT2D eigenvalue weighted by atomic mass is 10.4. The number of nitrogens with zero attached hydrogens (tertiary/aromatic N) is 2. The second-order valence-electron chi connectivity index (χ2n) is 2.60. The highest BCUT2D eigenvalue weighted by Gasteiger charge is 2.06. The van der Waals surface area contributed by atoms with E-state index >= 15 is 0 Å². The predicted molar refractivity (Wildman–Crippen MR) is 44.3 cm³/mol. The number of hydrogen-bond acceptors (Lipinski definition) is 4.